The van der Waals surface area contributed by atoms with Gasteiger partial charge in [0.1, 0.15) is 6.04 Å². The predicted octanol–water partition coefficient (Wildman–Crippen LogP) is 1.31. The van der Waals surface area contributed by atoms with Gasteiger partial charge >= 0.3 is 0 Å². The number of hydrogen-bond acceptors (Lipinski definition) is 6. The fourth-order valence-electron chi connectivity index (χ4n) is 3.21. The van der Waals surface area contributed by atoms with Crippen LogP contribution >= 0.6 is 0 Å². The summed E-state index contributed by atoms with van der Waals surface area (Å²) < 4.78 is 0. The van der Waals surface area contributed by atoms with E-state index in [-0.39, 0.29) is 29.9 Å². The van der Waals surface area contributed by atoms with Crippen molar-refractivity contribution < 1.29 is 24.0 Å². The van der Waals surface area contributed by atoms with Crippen molar-refractivity contribution in [3.63, 3.8) is 0 Å². The Morgan fingerprint density at radius 1 is 1.03 bits per heavy atom. The van der Waals surface area contributed by atoms with Crippen molar-refractivity contribution >= 4 is 40.9 Å². The summed E-state index contributed by atoms with van der Waals surface area (Å²) in [5.74, 6) is -2.56. The highest BCUT2D eigenvalue weighted by Crippen LogP contribution is 2.29. The summed E-state index contributed by atoms with van der Waals surface area (Å²) in [6.07, 6.45) is 0.176. The van der Waals surface area contributed by atoms with Crippen molar-refractivity contribution in [2.75, 3.05) is 11.1 Å². The Balaban J connectivity index is 0.000000310. The summed E-state index contributed by atoms with van der Waals surface area (Å²) in [6, 6.07) is 12.8. The van der Waals surface area contributed by atoms with Crippen LogP contribution in [0.25, 0.3) is 0 Å². The number of nitrogens with one attached hydrogen (secondary N) is 2. The van der Waals surface area contributed by atoms with Crippen LogP contribution in [0, 0.1) is 0 Å². The molecule has 2 heterocycles. The summed E-state index contributed by atoms with van der Waals surface area (Å²) in [5, 5.41) is 4.66. The normalized spacial score (nSPS) is 17.6. The Hall–Kier alpha value is -4.01. The molecular formula is C21H20N4O5. The van der Waals surface area contributed by atoms with Gasteiger partial charge in [0.2, 0.25) is 17.7 Å². The summed E-state index contributed by atoms with van der Waals surface area (Å²) in [5.41, 5.74) is 6.88. The second-order valence-electron chi connectivity index (χ2n) is 6.80. The molecular weight excluding hydrogens is 388 g/mol. The van der Waals surface area contributed by atoms with E-state index in [2.05, 4.69) is 10.6 Å². The first kappa shape index (κ1) is 20.7. The van der Waals surface area contributed by atoms with E-state index in [1.54, 1.807) is 0 Å². The first-order chi connectivity index (χ1) is 14.3. The van der Waals surface area contributed by atoms with E-state index in [9.17, 15) is 24.0 Å². The van der Waals surface area contributed by atoms with Crippen LogP contribution < -0.4 is 16.4 Å². The number of imide groups is 2. The summed E-state index contributed by atoms with van der Waals surface area (Å²) in [7, 11) is 0. The number of rotatable bonds is 2. The Kier molecular flexibility index (Phi) is 5.91. The molecule has 2 aromatic rings. The van der Waals surface area contributed by atoms with Gasteiger partial charge in [-0.2, -0.15) is 0 Å². The number of nitrogens with two attached hydrogens (primary N) is 1. The second kappa shape index (κ2) is 8.56. The number of para-hydroxylation sites is 1. The summed E-state index contributed by atoms with van der Waals surface area (Å²) in [4.78, 5) is 60.0. The van der Waals surface area contributed by atoms with Gasteiger partial charge in [0.15, 0.2) is 0 Å². The molecule has 0 radical (unpaired) electrons. The van der Waals surface area contributed by atoms with Gasteiger partial charge < -0.3 is 11.1 Å². The maximum atomic E-state index is 12.5. The molecule has 154 valence electrons. The number of nitrogens with zero attached hydrogens (tertiary/aromatic N) is 1. The third-order valence-corrected chi connectivity index (χ3v) is 4.56. The fraction of sp³-hybridized carbons (Fsp3) is 0.190. The number of carbonyl (C=O) groups excluding carboxylic acids is 5. The van der Waals surface area contributed by atoms with E-state index in [4.69, 9.17) is 5.73 Å². The van der Waals surface area contributed by atoms with Crippen LogP contribution in [-0.4, -0.2) is 40.5 Å². The number of amides is 5. The van der Waals surface area contributed by atoms with Crippen LogP contribution in [0.2, 0.25) is 0 Å². The van der Waals surface area contributed by atoms with Crippen molar-refractivity contribution in [3.8, 4) is 0 Å². The number of anilines is 2. The smallest absolute Gasteiger partial charge is 0.262 e. The van der Waals surface area contributed by atoms with E-state index in [0.717, 1.165) is 10.6 Å². The molecule has 1 saturated heterocycles. The first-order valence-electron chi connectivity index (χ1n) is 9.21. The third-order valence-electron chi connectivity index (χ3n) is 4.56. The molecule has 0 aromatic heterocycles. The zero-order chi connectivity index (χ0) is 21.8. The zero-order valence-electron chi connectivity index (χ0n) is 16.2. The number of hydrogen-bond donors (Lipinski definition) is 3. The lowest BCUT2D eigenvalue weighted by molar-refractivity contribution is -0.136. The molecule has 4 rings (SSSR count). The van der Waals surface area contributed by atoms with E-state index in [1.807, 2.05) is 30.3 Å². The molecule has 2 aromatic carbocycles. The van der Waals surface area contributed by atoms with Crippen LogP contribution in [0.15, 0.2) is 48.5 Å². The molecule has 0 spiro atoms. The van der Waals surface area contributed by atoms with E-state index < -0.39 is 29.7 Å². The minimum atomic E-state index is -0.996. The molecule has 0 saturated carbocycles. The molecule has 0 bridgehead atoms. The van der Waals surface area contributed by atoms with Crippen LogP contribution in [-0.2, 0) is 14.4 Å². The van der Waals surface area contributed by atoms with Crippen LogP contribution in [0.4, 0.5) is 11.4 Å². The highest BCUT2D eigenvalue weighted by molar-refractivity contribution is 6.23. The fourth-order valence-corrected chi connectivity index (χ4v) is 3.21. The standard InChI is InChI=1S/C15H13N3O5.C6H7N/c1-7(19)16-8-2-3-9-10(6-8)15(23)18(14(9)22)11-4-5-12(20)17-13(11)21;7-6-4-2-1-3-5-6/h2-3,6,11H,4-5H2,1H3,(H,16,19)(H,17,20,21);1-5H,7H2. The number of benzene rings is 2. The highest BCUT2D eigenvalue weighted by atomic mass is 16.2. The Morgan fingerprint density at radius 3 is 2.27 bits per heavy atom. The topological polar surface area (TPSA) is 139 Å². The van der Waals surface area contributed by atoms with Gasteiger partial charge in [-0.05, 0) is 36.8 Å². The van der Waals surface area contributed by atoms with Crippen LogP contribution in [0.3, 0.4) is 0 Å². The van der Waals surface area contributed by atoms with Crippen molar-refractivity contribution in [1.82, 2.24) is 10.2 Å². The van der Waals surface area contributed by atoms with Crippen LogP contribution in [0.5, 0.6) is 0 Å². The van der Waals surface area contributed by atoms with Gasteiger partial charge in [0.05, 0.1) is 11.1 Å². The van der Waals surface area contributed by atoms with Gasteiger partial charge in [-0.25, -0.2) is 0 Å². The van der Waals surface area contributed by atoms with Gasteiger partial charge in [-0.3, -0.25) is 34.2 Å². The molecule has 1 fully saturated rings. The molecule has 4 N–H and O–H groups in total. The SMILES string of the molecule is CC(=O)Nc1ccc2c(c1)C(=O)N(C1CCC(=O)NC1=O)C2=O.Nc1ccccc1. The number of nitrogen functional groups attached to an aromatic ring is 1. The van der Waals surface area contributed by atoms with Gasteiger partial charge in [-0.1, -0.05) is 18.2 Å². The van der Waals surface area contributed by atoms with E-state index in [1.165, 1.54) is 25.1 Å². The van der Waals surface area contributed by atoms with Crippen molar-refractivity contribution in [3.05, 3.63) is 59.7 Å². The second-order valence-corrected chi connectivity index (χ2v) is 6.80. The number of piperidine rings is 1. The largest absolute Gasteiger partial charge is 0.399 e. The molecule has 2 aliphatic rings. The quantitative estimate of drug-likeness (QED) is 0.506. The number of fused-ring (bicyclic) bond motifs is 1. The van der Waals surface area contributed by atoms with Crippen molar-refractivity contribution in [1.29, 1.82) is 0 Å². The van der Waals surface area contributed by atoms with E-state index >= 15 is 0 Å². The zero-order valence-corrected chi connectivity index (χ0v) is 16.2. The number of carbonyl (C=O) groups is 5. The lowest BCUT2D eigenvalue weighted by atomic mass is 10.0. The highest BCUT2D eigenvalue weighted by Gasteiger charge is 2.44. The summed E-state index contributed by atoms with van der Waals surface area (Å²) >= 11 is 0. The van der Waals surface area contributed by atoms with Gasteiger partial charge in [0, 0.05) is 24.7 Å². The van der Waals surface area contributed by atoms with Crippen molar-refractivity contribution in [2.45, 2.75) is 25.8 Å². The van der Waals surface area contributed by atoms with E-state index in [0.29, 0.717) is 5.69 Å². The molecule has 1 unspecified atom stereocenters. The molecule has 9 heteroatoms. The monoisotopic (exact) mass is 408 g/mol. The maximum Gasteiger partial charge on any atom is 0.262 e. The average Bonchev–Trinajstić information content (AvgIpc) is 2.93. The molecule has 1 atom stereocenters. The third kappa shape index (κ3) is 4.35. The van der Waals surface area contributed by atoms with Crippen LogP contribution in [0.1, 0.15) is 40.5 Å². The first-order valence-corrected chi connectivity index (χ1v) is 9.21. The lowest BCUT2D eigenvalue weighted by Gasteiger charge is -2.27. The molecule has 0 aliphatic carbocycles. The molecule has 5 amide bonds. The van der Waals surface area contributed by atoms with Gasteiger partial charge in [-0.15, -0.1) is 0 Å². The van der Waals surface area contributed by atoms with Gasteiger partial charge in [0.25, 0.3) is 11.8 Å². The maximum absolute atomic E-state index is 12.5. The minimum absolute atomic E-state index is 0.0704. The molecule has 9 nitrogen and oxygen atoms in total. The predicted molar refractivity (Wildman–Crippen MR) is 108 cm³/mol. The average molecular weight is 408 g/mol. The molecule has 2 aliphatic heterocycles. The molecule has 30 heavy (non-hydrogen) atoms. The van der Waals surface area contributed by atoms with Crippen molar-refractivity contribution in [2.24, 2.45) is 0 Å². The Labute approximate surface area is 172 Å². The lowest BCUT2D eigenvalue weighted by Crippen LogP contribution is -2.54. The Morgan fingerprint density at radius 2 is 1.70 bits per heavy atom. The summed E-state index contributed by atoms with van der Waals surface area (Å²) in [6.45, 7) is 1.33. The minimum Gasteiger partial charge on any atom is -0.399 e. The Bertz CT molecular complexity index is 1030.